The van der Waals surface area contributed by atoms with Crippen LogP contribution in [-0.2, 0) is 32.1 Å². The number of carbonyl (C=O) groups excluding carboxylic acids is 3. The Hall–Kier alpha value is -3.41. The first-order chi connectivity index (χ1) is 18.7. The summed E-state index contributed by atoms with van der Waals surface area (Å²) >= 11 is 0. The third kappa shape index (κ3) is 4.76. The summed E-state index contributed by atoms with van der Waals surface area (Å²) in [5.41, 5.74) is 4.10. The van der Waals surface area contributed by atoms with Gasteiger partial charge in [-0.05, 0) is 56.3 Å². The van der Waals surface area contributed by atoms with E-state index in [9.17, 15) is 34.8 Å². The van der Waals surface area contributed by atoms with Gasteiger partial charge in [0.1, 0.15) is 22.8 Å². The summed E-state index contributed by atoms with van der Waals surface area (Å²) in [5, 5.41) is 44.7. The number of aromatic hydroxyl groups is 1. The van der Waals surface area contributed by atoms with E-state index in [2.05, 4.69) is 4.90 Å². The molecular weight excluding hydrogens is 518 g/mol. The number of anilines is 1. The van der Waals surface area contributed by atoms with E-state index in [4.69, 9.17) is 10.5 Å². The van der Waals surface area contributed by atoms with Gasteiger partial charge in [0.05, 0.1) is 18.3 Å². The van der Waals surface area contributed by atoms with Gasteiger partial charge in [0, 0.05) is 50.8 Å². The molecule has 0 saturated heterocycles. The quantitative estimate of drug-likeness (QED) is 0.281. The van der Waals surface area contributed by atoms with Gasteiger partial charge in [-0.1, -0.05) is 6.92 Å². The summed E-state index contributed by atoms with van der Waals surface area (Å²) in [6.07, 6.45) is 0.112. The van der Waals surface area contributed by atoms with Crippen LogP contribution in [0.2, 0.25) is 0 Å². The van der Waals surface area contributed by atoms with E-state index in [1.165, 1.54) is 0 Å². The number of Topliss-reactive ketones (excluding diaryl/α,β-unsaturated/α-hetero) is 2. The normalized spacial score (nSPS) is 24.4. The monoisotopic (exact) mass is 557 g/mol. The Morgan fingerprint density at radius 3 is 2.45 bits per heavy atom. The van der Waals surface area contributed by atoms with Crippen molar-refractivity contribution in [1.29, 1.82) is 0 Å². The number of nitrogens with two attached hydrogens (primary N) is 1. The molecular formula is C29H39N3O8. The lowest BCUT2D eigenvalue weighted by molar-refractivity contribution is -0.147. The topological polar surface area (TPSA) is 174 Å². The fourth-order valence-corrected chi connectivity index (χ4v) is 6.43. The van der Waals surface area contributed by atoms with Crippen LogP contribution in [0.5, 0.6) is 5.75 Å². The number of rotatable bonds is 9. The molecule has 0 heterocycles. The fourth-order valence-electron chi connectivity index (χ4n) is 6.43. The highest BCUT2D eigenvalue weighted by Crippen LogP contribution is 2.53. The van der Waals surface area contributed by atoms with Crippen LogP contribution in [-0.4, -0.2) is 88.3 Å². The van der Waals surface area contributed by atoms with Gasteiger partial charge in [-0.15, -0.1) is 0 Å². The molecule has 0 aromatic heterocycles. The van der Waals surface area contributed by atoms with Crippen molar-refractivity contribution in [2.24, 2.45) is 17.6 Å². The second-order valence-electron chi connectivity index (χ2n) is 11.3. The Balaban J connectivity index is 1.81. The molecule has 218 valence electrons. The Kier molecular flexibility index (Phi) is 8.04. The number of phenolic OH excluding ortho intramolecular Hbond substituents is 1. The number of aliphatic hydroxyl groups excluding tert-OH is 2. The summed E-state index contributed by atoms with van der Waals surface area (Å²) < 4.78 is 5.71. The minimum absolute atomic E-state index is 0.0887. The van der Waals surface area contributed by atoms with Gasteiger partial charge in [0.15, 0.2) is 11.4 Å². The number of ketones is 2. The van der Waals surface area contributed by atoms with Crippen molar-refractivity contribution < 1.29 is 39.5 Å². The molecule has 1 unspecified atom stereocenters. The summed E-state index contributed by atoms with van der Waals surface area (Å²) in [5.74, 6) is -6.36. The van der Waals surface area contributed by atoms with Gasteiger partial charge in [-0.2, -0.15) is 0 Å². The highest BCUT2D eigenvalue weighted by Gasteiger charge is 2.60. The first-order valence-electron chi connectivity index (χ1n) is 13.6. The van der Waals surface area contributed by atoms with Crippen LogP contribution in [0.1, 0.15) is 50.3 Å². The maximum atomic E-state index is 13.7. The number of ether oxygens (including phenoxy) is 1. The lowest BCUT2D eigenvalue weighted by Crippen LogP contribution is -2.58. The van der Waals surface area contributed by atoms with Gasteiger partial charge >= 0.3 is 0 Å². The van der Waals surface area contributed by atoms with E-state index in [1.54, 1.807) is 6.07 Å². The first kappa shape index (κ1) is 29.6. The maximum absolute atomic E-state index is 13.7. The second-order valence-corrected chi connectivity index (χ2v) is 11.3. The standard InChI is InChI=1S/C29H39N3O8/c1-6-32(7-8-40-14(2)3)13-16-11-19(33)22-18(24(16)31(4)5)10-15-9-17-12-20(34)23(28(30)38)27(37)29(17,39)26(36)21(15)25(22)35/h11,14-15,17,33,35,37,39H,6-10,12-13H2,1-5H3,(H2,30,38)/t15?,17-,29-/m0/s1. The van der Waals surface area contributed by atoms with Crippen LogP contribution in [0.25, 0.3) is 5.76 Å². The number of aliphatic hydroxyl groups is 3. The van der Waals surface area contributed by atoms with E-state index in [0.29, 0.717) is 25.3 Å². The number of nitrogens with zero attached hydrogens (tertiary/aromatic N) is 2. The van der Waals surface area contributed by atoms with Crippen LogP contribution >= 0.6 is 0 Å². The molecule has 3 aliphatic rings. The Morgan fingerprint density at radius 2 is 1.88 bits per heavy atom. The molecule has 40 heavy (non-hydrogen) atoms. The van der Waals surface area contributed by atoms with Crippen molar-refractivity contribution in [2.45, 2.75) is 58.3 Å². The van der Waals surface area contributed by atoms with Crippen molar-refractivity contribution in [1.82, 2.24) is 4.90 Å². The minimum Gasteiger partial charge on any atom is -0.508 e. The Morgan fingerprint density at radius 1 is 1.20 bits per heavy atom. The largest absolute Gasteiger partial charge is 0.508 e. The van der Waals surface area contributed by atoms with Crippen LogP contribution in [0.3, 0.4) is 0 Å². The molecule has 0 aliphatic heterocycles. The van der Waals surface area contributed by atoms with E-state index >= 15 is 0 Å². The lowest BCUT2D eigenvalue weighted by Gasteiger charge is -2.46. The molecule has 3 aliphatic carbocycles. The highest BCUT2D eigenvalue weighted by molar-refractivity contribution is 6.22. The summed E-state index contributed by atoms with van der Waals surface area (Å²) in [6.45, 7) is 8.49. The number of fused-ring (bicyclic) bond motifs is 3. The molecule has 1 saturated carbocycles. The molecule has 0 spiro atoms. The average molecular weight is 558 g/mol. The van der Waals surface area contributed by atoms with E-state index in [0.717, 1.165) is 17.8 Å². The van der Waals surface area contributed by atoms with E-state index in [1.807, 2.05) is 39.8 Å². The molecule has 6 N–H and O–H groups in total. The van der Waals surface area contributed by atoms with Gasteiger partial charge in [0.25, 0.3) is 5.91 Å². The van der Waals surface area contributed by atoms with Crippen LogP contribution in [0.4, 0.5) is 5.69 Å². The van der Waals surface area contributed by atoms with Crippen molar-refractivity contribution in [3.63, 3.8) is 0 Å². The van der Waals surface area contributed by atoms with Gasteiger partial charge in [0.2, 0.25) is 5.78 Å². The number of amides is 1. The van der Waals surface area contributed by atoms with Gasteiger partial charge < -0.3 is 35.8 Å². The average Bonchev–Trinajstić information content (AvgIpc) is 2.84. The van der Waals surface area contributed by atoms with E-state index in [-0.39, 0.29) is 42.3 Å². The molecule has 1 fully saturated rings. The van der Waals surface area contributed by atoms with Crippen molar-refractivity contribution in [3.8, 4) is 5.75 Å². The number of phenols is 1. The van der Waals surface area contributed by atoms with Crippen LogP contribution < -0.4 is 10.6 Å². The smallest absolute Gasteiger partial charge is 0.255 e. The Labute approximate surface area is 233 Å². The SMILES string of the molecule is CCN(CCOC(C)C)Cc1cc(O)c2c(c1N(C)C)CC1C[C@H]3CC(=O)C(C(N)=O)=C(O)[C@@]3(O)C(=O)C1=C2O. The number of hydrogen-bond donors (Lipinski definition) is 5. The van der Waals surface area contributed by atoms with Crippen molar-refractivity contribution in [2.75, 3.05) is 38.7 Å². The van der Waals surface area contributed by atoms with Crippen molar-refractivity contribution >= 4 is 28.9 Å². The predicted octanol–water partition coefficient (Wildman–Crippen LogP) is 1.74. The third-order valence-corrected chi connectivity index (χ3v) is 8.26. The lowest BCUT2D eigenvalue weighted by atomic mass is 9.59. The number of likely N-dealkylation sites (N-methyl/N-ethyl adjacent to an activating group) is 1. The molecule has 11 nitrogen and oxygen atoms in total. The third-order valence-electron chi connectivity index (χ3n) is 8.26. The summed E-state index contributed by atoms with van der Waals surface area (Å²) in [6, 6.07) is 1.57. The first-order valence-corrected chi connectivity index (χ1v) is 13.6. The van der Waals surface area contributed by atoms with E-state index < -0.39 is 52.0 Å². The molecule has 1 aromatic carbocycles. The van der Waals surface area contributed by atoms with Gasteiger partial charge in [-0.3, -0.25) is 19.3 Å². The molecule has 1 amide bonds. The van der Waals surface area contributed by atoms with Gasteiger partial charge in [-0.25, -0.2) is 0 Å². The second kappa shape index (κ2) is 10.9. The number of carbonyl (C=O) groups is 3. The molecule has 0 bridgehead atoms. The molecule has 11 heteroatoms. The molecule has 0 radical (unpaired) electrons. The minimum atomic E-state index is -2.57. The summed E-state index contributed by atoms with van der Waals surface area (Å²) in [4.78, 5) is 42.2. The zero-order chi connectivity index (χ0) is 29.7. The molecule has 4 rings (SSSR count). The Bertz CT molecular complexity index is 1310. The zero-order valence-corrected chi connectivity index (χ0v) is 23.7. The van der Waals surface area contributed by atoms with Crippen LogP contribution in [0.15, 0.2) is 23.0 Å². The number of hydrogen-bond acceptors (Lipinski definition) is 10. The zero-order valence-electron chi connectivity index (χ0n) is 23.7. The molecule has 1 aromatic rings. The highest BCUT2D eigenvalue weighted by atomic mass is 16.5. The maximum Gasteiger partial charge on any atom is 0.255 e. The fraction of sp³-hybridized carbons (Fsp3) is 0.552. The number of primary amides is 1. The summed E-state index contributed by atoms with van der Waals surface area (Å²) in [7, 11) is 3.73. The predicted molar refractivity (Wildman–Crippen MR) is 148 cm³/mol. The van der Waals surface area contributed by atoms with Crippen LogP contribution in [0, 0.1) is 11.8 Å². The number of benzene rings is 1. The molecule has 3 atom stereocenters. The van der Waals surface area contributed by atoms with Crippen molar-refractivity contribution in [3.05, 3.63) is 39.7 Å².